The average molecular weight is 245 g/mol. The van der Waals surface area contributed by atoms with Crippen molar-refractivity contribution in [3.63, 3.8) is 0 Å². The van der Waals surface area contributed by atoms with E-state index in [0.717, 1.165) is 39.3 Å². The van der Waals surface area contributed by atoms with E-state index in [1.165, 1.54) is 6.42 Å². The first kappa shape index (κ1) is 16.9. The molecule has 0 aliphatic carbocycles. The van der Waals surface area contributed by atoms with Gasteiger partial charge in [0.15, 0.2) is 0 Å². The molecule has 0 heterocycles. The summed E-state index contributed by atoms with van der Waals surface area (Å²) in [5, 5.41) is 3.47. The van der Waals surface area contributed by atoms with Crippen LogP contribution in [-0.2, 0) is 9.47 Å². The highest BCUT2D eigenvalue weighted by molar-refractivity contribution is 4.76. The van der Waals surface area contributed by atoms with E-state index in [4.69, 9.17) is 9.47 Å². The van der Waals surface area contributed by atoms with E-state index in [0.29, 0.717) is 11.3 Å². The molecule has 0 radical (unpaired) electrons. The summed E-state index contributed by atoms with van der Waals surface area (Å²) in [4.78, 5) is 0. The van der Waals surface area contributed by atoms with Crippen molar-refractivity contribution in [3.05, 3.63) is 0 Å². The minimum Gasteiger partial charge on any atom is -0.383 e. The standard InChI is InChI=1S/C14H31NO2/c1-6-17-10-7-8-13(14(2,3)4)12-15-9-11-16-5/h13,15H,6-12H2,1-5H3. The first-order chi connectivity index (χ1) is 8.02. The lowest BCUT2D eigenvalue weighted by atomic mass is 9.78. The monoisotopic (exact) mass is 245 g/mol. The summed E-state index contributed by atoms with van der Waals surface area (Å²) in [6.07, 6.45) is 2.38. The number of hydrogen-bond acceptors (Lipinski definition) is 3. The molecule has 0 rings (SSSR count). The molecule has 104 valence electrons. The maximum Gasteiger partial charge on any atom is 0.0587 e. The Hall–Kier alpha value is -0.120. The fourth-order valence-electron chi connectivity index (χ4n) is 1.87. The Kier molecular flexibility index (Phi) is 9.79. The largest absolute Gasteiger partial charge is 0.383 e. The van der Waals surface area contributed by atoms with E-state index in [1.807, 2.05) is 6.92 Å². The molecule has 17 heavy (non-hydrogen) atoms. The van der Waals surface area contributed by atoms with E-state index in [-0.39, 0.29) is 0 Å². The first-order valence-corrected chi connectivity index (χ1v) is 6.79. The van der Waals surface area contributed by atoms with Crippen molar-refractivity contribution in [2.24, 2.45) is 11.3 Å². The minimum atomic E-state index is 0.353. The lowest BCUT2D eigenvalue weighted by Gasteiger charge is -2.31. The third-order valence-electron chi connectivity index (χ3n) is 3.14. The van der Waals surface area contributed by atoms with Crippen molar-refractivity contribution in [1.29, 1.82) is 0 Å². The number of methoxy groups -OCH3 is 1. The maximum absolute atomic E-state index is 5.40. The molecule has 1 atom stereocenters. The van der Waals surface area contributed by atoms with Gasteiger partial charge in [-0.15, -0.1) is 0 Å². The average Bonchev–Trinajstić information content (AvgIpc) is 2.25. The quantitative estimate of drug-likeness (QED) is 0.600. The summed E-state index contributed by atoms with van der Waals surface area (Å²) in [6, 6.07) is 0. The zero-order valence-corrected chi connectivity index (χ0v) is 12.3. The van der Waals surface area contributed by atoms with Crippen LogP contribution in [0.2, 0.25) is 0 Å². The van der Waals surface area contributed by atoms with Crippen molar-refractivity contribution in [3.8, 4) is 0 Å². The summed E-state index contributed by atoms with van der Waals surface area (Å²) in [7, 11) is 1.74. The molecule has 0 amide bonds. The summed E-state index contributed by atoms with van der Waals surface area (Å²) in [6.45, 7) is 13.5. The molecule has 0 aliphatic rings. The van der Waals surface area contributed by atoms with Gasteiger partial charge in [-0.05, 0) is 37.6 Å². The van der Waals surface area contributed by atoms with Gasteiger partial charge in [0.05, 0.1) is 6.61 Å². The van der Waals surface area contributed by atoms with Crippen LogP contribution in [0.1, 0.15) is 40.5 Å². The predicted molar refractivity (Wildman–Crippen MR) is 73.4 cm³/mol. The van der Waals surface area contributed by atoms with Gasteiger partial charge >= 0.3 is 0 Å². The van der Waals surface area contributed by atoms with E-state index >= 15 is 0 Å². The molecule has 0 aromatic carbocycles. The smallest absolute Gasteiger partial charge is 0.0587 e. The Labute approximate surface area is 107 Å². The number of hydrogen-bond donors (Lipinski definition) is 1. The lowest BCUT2D eigenvalue weighted by molar-refractivity contribution is 0.126. The number of rotatable bonds is 10. The second kappa shape index (κ2) is 9.86. The van der Waals surface area contributed by atoms with Gasteiger partial charge in [0.1, 0.15) is 0 Å². The fraction of sp³-hybridized carbons (Fsp3) is 1.00. The molecule has 0 aromatic rings. The van der Waals surface area contributed by atoms with Crippen LogP contribution < -0.4 is 5.32 Å². The molecule has 3 nitrogen and oxygen atoms in total. The Morgan fingerprint density at radius 1 is 1.18 bits per heavy atom. The normalized spacial score (nSPS) is 13.9. The van der Waals surface area contributed by atoms with Crippen LogP contribution in [0.5, 0.6) is 0 Å². The van der Waals surface area contributed by atoms with Crippen LogP contribution in [0.4, 0.5) is 0 Å². The molecular formula is C14H31NO2. The summed E-state index contributed by atoms with van der Waals surface area (Å²) in [5.74, 6) is 0.694. The lowest BCUT2D eigenvalue weighted by Crippen LogP contribution is -2.33. The Balaban J connectivity index is 3.81. The van der Waals surface area contributed by atoms with Crippen molar-refractivity contribution in [2.45, 2.75) is 40.5 Å². The van der Waals surface area contributed by atoms with E-state index < -0.39 is 0 Å². The summed E-state index contributed by atoms with van der Waals surface area (Å²) >= 11 is 0. The number of ether oxygens (including phenoxy) is 2. The van der Waals surface area contributed by atoms with E-state index in [2.05, 4.69) is 26.1 Å². The van der Waals surface area contributed by atoms with Gasteiger partial charge in [0.2, 0.25) is 0 Å². The Morgan fingerprint density at radius 3 is 2.41 bits per heavy atom. The molecular weight excluding hydrogens is 214 g/mol. The third-order valence-corrected chi connectivity index (χ3v) is 3.14. The van der Waals surface area contributed by atoms with Crippen molar-refractivity contribution in [1.82, 2.24) is 5.32 Å². The highest BCUT2D eigenvalue weighted by atomic mass is 16.5. The van der Waals surface area contributed by atoms with Crippen LogP contribution in [0.25, 0.3) is 0 Å². The Bertz CT molecular complexity index is 154. The van der Waals surface area contributed by atoms with Crippen molar-refractivity contribution >= 4 is 0 Å². The SMILES string of the molecule is CCOCCCC(CNCCOC)C(C)(C)C. The number of nitrogens with one attached hydrogen (secondary N) is 1. The summed E-state index contributed by atoms with van der Waals surface area (Å²) in [5.41, 5.74) is 0.353. The molecule has 0 bridgehead atoms. The van der Waals surface area contributed by atoms with Gasteiger partial charge in [0.25, 0.3) is 0 Å². The van der Waals surface area contributed by atoms with Crippen LogP contribution in [0, 0.1) is 11.3 Å². The summed E-state index contributed by atoms with van der Waals surface area (Å²) < 4.78 is 10.4. The second-order valence-electron chi connectivity index (χ2n) is 5.60. The van der Waals surface area contributed by atoms with Crippen molar-refractivity contribution in [2.75, 3.05) is 40.0 Å². The van der Waals surface area contributed by atoms with Gasteiger partial charge in [-0.1, -0.05) is 20.8 Å². The highest BCUT2D eigenvalue weighted by Crippen LogP contribution is 2.29. The highest BCUT2D eigenvalue weighted by Gasteiger charge is 2.23. The van der Waals surface area contributed by atoms with Gasteiger partial charge in [-0.2, -0.15) is 0 Å². The van der Waals surface area contributed by atoms with Gasteiger partial charge in [-0.3, -0.25) is 0 Å². The van der Waals surface area contributed by atoms with E-state index in [1.54, 1.807) is 7.11 Å². The zero-order chi connectivity index (χ0) is 13.1. The van der Waals surface area contributed by atoms with E-state index in [9.17, 15) is 0 Å². The van der Waals surface area contributed by atoms with Crippen molar-refractivity contribution < 1.29 is 9.47 Å². The van der Waals surface area contributed by atoms with Crippen LogP contribution in [0.3, 0.4) is 0 Å². The topological polar surface area (TPSA) is 30.5 Å². The third kappa shape index (κ3) is 9.57. The second-order valence-corrected chi connectivity index (χ2v) is 5.60. The van der Waals surface area contributed by atoms with Gasteiger partial charge < -0.3 is 14.8 Å². The molecule has 1 unspecified atom stereocenters. The minimum absolute atomic E-state index is 0.353. The molecule has 0 saturated heterocycles. The molecule has 3 heteroatoms. The molecule has 0 spiro atoms. The Morgan fingerprint density at radius 2 is 1.88 bits per heavy atom. The molecule has 1 N–H and O–H groups in total. The zero-order valence-electron chi connectivity index (χ0n) is 12.3. The maximum atomic E-state index is 5.40. The van der Waals surface area contributed by atoms with Crippen LogP contribution >= 0.6 is 0 Å². The predicted octanol–water partition coefficient (Wildman–Crippen LogP) is 2.70. The molecule has 0 fully saturated rings. The molecule has 0 aliphatic heterocycles. The molecule has 0 saturated carbocycles. The van der Waals surface area contributed by atoms with Crippen LogP contribution in [-0.4, -0.2) is 40.0 Å². The van der Waals surface area contributed by atoms with Gasteiger partial charge in [0, 0.05) is 26.9 Å². The van der Waals surface area contributed by atoms with Crippen LogP contribution in [0.15, 0.2) is 0 Å². The fourth-order valence-corrected chi connectivity index (χ4v) is 1.87. The molecule has 0 aromatic heterocycles. The van der Waals surface area contributed by atoms with Gasteiger partial charge in [-0.25, -0.2) is 0 Å². The first-order valence-electron chi connectivity index (χ1n) is 6.79.